The molecule has 0 N–H and O–H groups in total. The van der Waals surface area contributed by atoms with Crippen molar-refractivity contribution in [2.75, 3.05) is 20.8 Å². The highest BCUT2D eigenvalue weighted by Crippen LogP contribution is 2.20. The number of aromatic nitrogens is 1. The minimum absolute atomic E-state index is 0.139. The number of amides is 1. The lowest BCUT2D eigenvalue weighted by Crippen LogP contribution is -2.31. The SMILES string of the molecule is COc1ccc(CN(C)C(=O)COC(=O)/C(C#N)=C/c2cc(C)n(CC(C)C)c2C)cc1. The molecule has 7 heteroatoms. The molecule has 0 aliphatic carbocycles. The minimum Gasteiger partial charge on any atom is -0.497 e. The Hall–Kier alpha value is -3.53. The first-order chi connectivity index (χ1) is 15.2. The molecule has 0 atom stereocenters. The minimum atomic E-state index is -0.813. The Labute approximate surface area is 189 Å². The summed E-state index contributed by atoms with van der Waals surface area (Å²) in [4.78, 5) is 26.2. The van der Waals surface area contributed by atoms with Gasteiger partial charge in [-0.05, 0) is 55.2 Å². The molecule has 2 rings (SSSR count). The largest absolute Gasteiger partial charge is 0.497 e. The number of methoxy groups -OCH3 is 1. The highest BCUT2D eigenvalue weighted by molar-refractivity contribution is 5.99. The molecule has 0 saturated heterocycles. The maximum atomic E-state index is 12.4. The van der Waals surface area contributed by atoms with E-state index in [4.69, 9.17) is 9.47 Å². The van der Waals surface area contributed by atoms with Crippen molar-refractivity contribution in [3.05, 3.63) is 58.4 Å². The second-order valence-corrected chi connectivity index (χ2v) is 8.17. The van der Waals surface area contributed by atoms with Crippen LogP contribution >= 0.6 is 0 Å². The molecule has 32 heavy (non-hydrogen) atoms. The van der Waals surface area contributed by atoms with Crippen LogP contribution in [-0.2, 0) is 27.4 Å². The smallest absolute Gasteiger partial charge is 0.349 e. The van der Waals surface area contributed by atoms with E-state index in [1.807, 2.05) is 50.2 Å². The van der Waals surface area contributed by atoms with Gasteiger partial charge in [0.2, 0.25) is 0 Å². The highest BCUT2D eigenvalue weighted by Gasteiger charge is 2.17. The summed E-state index contributed by atoms with van der Waals surface area (Å²) < 4.78 is 12.4. The van der Waals surface area contributed by atoms with Gasteiger partial charge in [-0.25, -0.2) is 4.79 Å². The monoisotopic (exact) mass is 437 g/mol. The van der Waals surface area contributed by atoms with E-state index in [9.17, 15) is 14.9 Å². The van der Waals surface area contributed by atoms with Gasteiger partial charge in [0.25, 0.3) is 5.91 Å². The lowest BCUT2D eigenvalue weighted by atomic mass is 10.1. The summed E-state index contributed by atoms with van der Waals surface area (Å²) in [5, 5.41) is 9.45. The molecule has 0 bridgehead atoms. The van der Waals surface area contributed by atoms with Crippen molar-refractivity contribution in [1.29, 1.82) is 5.26 Å². The molecule has 2 aromatic rings. The van der Waals surface area contributed by atoms with Crippen LogP contribution in [0.1, 0.15) is 36.4 Å². The number of carbonyl (C=O) groups excluding carboxylic acids is 2. The van der Waals surface area contributed by atoms with Crippen LogP contribution in [0.5, 0.6) is 5.75 Å². The third-order valence-corrected chi connectivity index (χ3v) is 5.13. The summed E-state index contributed by atoms with van der Waals surface area (Å²) >= 11 is 0. The number of aryl methyl sites for hydroxylation is 1. The molecular weight excluding hydrogens is 406 g/mol. The topological polar surface area (TPSA) is 84.6 Å². The maximum Gasteiger partial charge on any atom is 0.349 e. The van der Waals surface area contributed by atoms with Gasteiger partial charge >= 0.3 is 5.97 Å². The number of hydrogen-bond donors (Lipinski definition) is 0. The molecule has 0 aliphatic heterocycles. The van der Waals surface area contributed by atoms with Crippen molar-refractivity contribution >= 4 is 18.0 Å². The molecule has 7 nitrogen and oxygen atoms in total. The second kappa shape index (κ2) is 11.2. The standard InChI is InChI=1S/C25H31N3O4/c1-17(2)14-28-18(3)11-21(19(28)4)12-22(13-26)25(30)32-16-24(29)27(5)15-20-7-9-23(31-6)10-8-20/h7-12,17H,14-16H2,1-6H3/b22-12+. The fourth-order valence-electron chi connectivity index (χ4n) is 3.32. The van der Waals surface area contributed by atoms with E-state index < -0.39 is 12.6 Å². The molecule has 1 heterocycles. The Morgan fingerprint density at radius 3 is 2.44 bits per heavy atom. The predicted octanol–water partition coefficient (Wildman–Crippen LogP) is 3.88. The number of likely N-dealkylation sites (N-methyl/N-ethyl adjacent to an activating group) is 1. The Bertz CT molecular complexity index is 1030. The van der Waals surface area contributed by atoms with Crippen molar-refractivity contribution in [3.63, 3.8) is 0 Å². The van der Waals surface area contributed by atoms with Gasteiger partial charge in [0.05, 0.1) is 7.11 Å². The second-order valence-electron chi connectivity index (χ2n) is 8.17. The van der Waals surface area contributed by atoms with E-state index in [1.165, 1.54) is 11.0 Å². The maximum absolute atomic E-state index is 12.4. The zero-order valence-corrected chi connectivity index (χ0v) is 19.6. The molecule has 170 valence electrons. The highest BCUT2D eigenvalue weighted by atomic mass is 16.5. The van der Waals surface area contributed by atoms with Crippen LogP contribution < -0.4 is 4.74 Å². The van der Waals surface area contributed by atoms with Crippen molar-refractivity contribution in [2.45, 2.75) is 40.8 Å². The molecule has 0 saturated carbocycles. The van der Waals surface area contributed by atoms with Gasteiger partial charge in [-0.15, -0.1) is 0 Å². The number of rotatable bonds is 9. The Kier molecular flexibility index (Phi) is 8.65. The van der Waals surface area contributed by atoms with Crippen LogP contribution in [0.15, 0.2) is 35.9 Å². The van der Waals surface area contributed by atoms with E-state index in [0.29, 0.717) is 12.5 Å². The molecule has 0 radical (unpaired) electrons. The number of nitrogens with zero attached hydrogens (tertiary/aromatic N) is 3. The quantitative estimate of drug-likeness (QED) is 0.338. The lowest BCUT2D eigenvalue weighted by molar-refractivity contribution is -0.148. The van der Waals surface area contributed by atoms with Crippen molar-refractivity contribution in [2.24, 2.45) is 5.92 Å². The van der Waals surface area contributed by atoms with E-state index in [1.54, 1.807) is 14.2 Å². The number of esters is 1. The van der Waals surface area contributed by atoms with Crippen LogP contribution in [0.25, 0.3) is 6.08 Å². The Balaban J connectivity index is 2.01. The summed E-state index contributed by atoms with van der Waals surface area (Å²) in [6.45, 7) is 9.00. The van der Waals surface area contributed by atoms with E-state index >= 15 is 0 Å². The third-order valence-electron chi connectivity index (χ3n) is 5.13. The normalized spacial score (nSPS) is 11.2. The fraction of sp³-hybridized carbons (Fsp3) is 0.400. The molecule has 0 aliphatic rings. The first-order valence-electron chi connectivity index (χ1n) is 10.5. The molecule has 0 fully saturated rings. The fourth-order valence-corrected chi connectivity index (χ4v) is 3.32. The first-order valence-corrected chi connectivity index (χ1v) is 10.5. The average Bonchev–Trinajstić information content (AvgIpc) is 3.02. The van der Waals surface area contributed by atoms with Crippen molar-refractivity contribution < 1.29 is 19.1 Å². The number of nitriles is 1. The third kappa shape index (κ3) is 6.48. The number of ether oxygens (including phenoxy) is 2. The first kappa shape index (κ1) is 24.7. The van der Waals surface area contributed by atoms with Crippen LogP contribution in [-0.4, -0.2) is 42.1 Å². The predicted molar refractivity (Wildman–Crippen MR) is 123 cm³/mol. The van der Waals surface area contributed by atoms with Gasteiger partial charge in [0.15, 0.2) is 6.61 Å². The van der Waals surface area contributed by atoms with Gasteiger partial charge in [-0.3, -0.25) is 4.79 Å². The van der Waals surface area contributed by atoms with E-state index in [2.05, 4.69) is 18.4 Å². The Morgan fingerprint density at radius 1 is 1.22 bits per heavy atom. The van der Waals surface area contributed by atoms with E-state index in [0.717, 1.165) is 34.8 Å². The van der Waals surface area contributed by atoms with Gasteiger partial charge < -0.3 is 18.9 Å². The zero-order valence-electron chi connectivity index (χ0n) is 19.6. The molecule has 1 aromatic heterocycles. The average molecular weight is 438 g/mol. The van der Waals surface area contributed by atoms with Crippen LogP contribution in [0.3, 0.4) is 0 Å². The number of carbonyl (C=O) groups is 2. The van der Waals surface area contributed by atoms with Gasteiger partial charge in [-0.2, -0.15) is 5.26 Å². The van der Waals surface area contributed by atoms with Crippen LogP contribution in [0, 0.1) is 31.1 Å². The molecule has 0 unspecified atom stereocenters. The van der Waals surface area contributed by atoms with Crippen LogP contribution in [0.4, 0.5) is 0 Å². The van der Waals surface area contributed by atoms with Crippen molar-refractivity contribution in [1.82, 2.24) is 9.47 Å². The summed E-state index contributed by atoms with van der Waals surface area (Å²) in [6.07, 6.45) is 1.52. The van der Waals surface area contributed by atoms with Crippen LogP contribution in [0.2, 0.25) is 0 Å². The zero-order chi connectivity index (χ0) is 23.8. The van der Waals surface area contributed by atoms with Gasteiger partial charge in [0.1, 0.15) is 17.4 Å². The summed E-state index contributed by atoms with van der Waals surface area (Å²) in [5.41, 5.74) is 3.61. The number of hydrogen-bond acceptors (Lipinski definition) is 5. The number of benzene rings is 1. The van der Waals surface area contributed by atoms with Gasteiger partial charge in [0, 0.05) is 31.5 Å². The molecule has 0 spiro atoms. The van der Waals surface area contributed by atoms with Crippen molar-refractivity contribution in [3.8, 4) is 11.8 Å². The summed E-state index contributed by atoms with van der Waals surface area (Å²) in [7, 11) is 3.22. The molecular formula is C25H31N3O4. The Morgan fingerprint density at radius 2 is 1.88 bits per heavy atom. The lowest BCUT2D eigenvalue weighted by Gasteiger charge is -2.17. The molecule has 1 aromatic carbocycles. The molecule has 1 amide bonds. The summed E-state index contributed by atoms with van der Waals surface area (Å²) in [6, 6.07) is 11.2. The van der Waals surface area contributed by atoms with E-state index in [-0.39, 0.29) is 11.5 Å². The van der Waals surface area contributed by atoms with Gasteiger partial charge in [-0.1, -0.05) is 26.0 Å². The summed E-state index contributed by atoms with van der Waals surface area (Å²) in [5.74, 6) is 0.0318.